The molecular formula is C22H22ClF2N5. The molecule has 8 heteroatoms. The zero-order valence-electron chi connectivity index (χ0n) is 16.6. The van der Waals surface area contributed by atoms with E-state index in [0.29, 0.717) is 10.7 Å². The highest BCUT2D eigenvalue weighted by atomic mass is 35.5. The number of halogens is 3. The number of piperazine rings is 1. The summed E-state index contributed by atoms with van der Waals surface area (Å²) in [6.45, 7) is 5.92. The van der Waals surface area contributed by atoms with Gasteiger partial charge in [0.05, 0.1) is 16.9 Å². The SMILES string of the molecule is Cc1c(C=CCN2CCN(c3cc(F)cc(F)c3)CC2)cnn1-c1ccc(Cl)cn1. The first-order valence-electron chi connectivity index (χ1n) is 9.76. The number of rotatable bonds is 5. The number of anilines is 1. The Bertz CT molecular complexity index is 1020. The second-order valence-corrected chi connectivity index (χ2v) is 7.69. The predicted molar refractivity (Wildman–Crippen MR) is 115 cm³/mol. The fourth-order valence-electron chi connectivity index (χ4n) is 3.55. The Labute approximate surface area is 179 Å². The van der Waals surface area contributed by atoms with E-state index in [0.717, 1.165) is 55.9 Å². The van der Waals surface area contributed by atoms with Gasteiger partial charge in [0.25, 0.3) is 0 Å². The van der Waals surface area contributed by atoms with Crippen LogP contribution < -0.4 is 4.90 Å². The van der Waals surface area contributed by atoms with Gasteiger partial charge >= 0.3 is 0 Å². The summed E-state index contributed by atoms with van der Waals surface area (Å²) in [6, 6.07) is 7.29. The van der Waals surface area contributed by atoms with Crippen LogP contribution in [0.2, 0.25) is 5.02 Å². The van der Waals surface area contributed by atoms with Crippen molar-refractivity contribution in [2.75, 3.05) is 37.6 Å². The molecule has 0 spiro atoms. The average Bonchev–Trinajstić information content (AvgIpc) is 3.09. The molecule has 2 aromatic heterocycles. The average molecular weight is 430 g/mol. The van der Waals surface area contributed by atoms with Gasteiger partial charge in [0, 0.05) is 56.2 Å². The second kappa shape index (κ2) is 8.93. The standard InChI is InChI=1S/C22H22ClF2N5/c1-16-17(14-27-30(16)22-5-4-18(23)15-26-22)3-2-6-28-7-9-29(10-8-28)21-12-19(24)11-20(25)13-21/h2-5,11-15H,6-10H2,1H3. The minimum Gasteiger partial charge on any atom is -0.369 e. The molecule has 0 aliphatic carbocycles. The third kappa shape index (κ3) is 4.68. The van der Waals surface area contributed by atoms with Gasteiger partial charge < -0.3 is 4.90 Å². The highest BCUT2D eigenvalue weighted by Gasteiger charge is 2.17. The first-order valence-corrected chi connectivity index (χ1v) is 10.1. The molecule has 0 N–H and O–H groups in total. The van der Waals surface area contributed by atoms with E-state index in [1.165, 1.54) is 12.1 Å². The molecule has 1 saturated heterocycles. The zero-order chi connectivity index (χ0) is 21.1. The number of nitrogens with zero attached hydrogens (tertiary/aromatic N) is 5. The quantitative estimate of drug-likeness (QED) is 0.604. The van der Waals surface area contributed by atoms with Crippen molar-refractivity contribution < 1.29 is 8.78 Å². The Morgan fingerprint density at radius 2 is 1.77 bits per heavy atom. The highest BCUT2D eigenvalue weighted by molar-refractivity contribution is 6.30. The van der Waals surface area contributed by atoms with Crippen molar-refractivity contribution >= 4 is 23.4 Å². The van der Waals surface area contributed by atoms with Gasteiger partial charge in [-0.25, -0.2) is 18.4 Å². The number of aromatic nitrogens is 3. The Morgan fingerprint density at radius 1 is 1.03 bits per heavy atom. The van der Waals surface area contributed by atoms with E-state index in [1.807, 2.05) is 24.1 Å². The lowest BCUT2D eigenvalue weighted by molar-refractivity contribution is 0.284. The van der Waals surface area contributed by atoms with Gasteiger partial charge in [-0.15, -0.1) is 0 Å². The van der Waals surface area contributed by atoms with Crippen LogP contribution in [0, 0.1) is 18.6 Å². The van der Waals surface area contributed by atoms with Crippen molar-refractivity contribution in [1.82, 2.24) is 19.7 Å². The van der Waals surface area contributed by atoms with Crippen molar-refractivity contribution in [3.63, 3.8) is 0 Å². The minimum atomic E-state index is -0.542. The topological polar surface area (TPSA) is 37.2 Å². The van der Waals surface area contributed by atoms with Crippen molar-refractivity contribution in [3.8, 4) is 5.82 Å². The Hall–Kier alpha value is -2.77. The van der Waals surface area contributed by atoms with Crippen LogP contribution in [-0.2, 0) is 0 Å². The summed E-state index contributed by atoms with van der Waals surface area (Å²) in [7, 11) is 0. The summed E-state index contributed by atoms with van der Waals surface area (Å²) in [4.78, 5) is 8.63. The molecule has 1 aromatic carbocycles. The number of benzene rings is 1. The van der Waals surface area contributed by atoms with Crippen LogP contribution in [0.1, 0.15) is 11.3 Å². The lowest BCUT2D eigenvalue weighted by atomic mass is 10.2. The molecule has 3 heterocycles. The summed E-state index contributed by atoms with van der Waals surface area (Å²) in [5, 5.41) is 5.01. The van der Waals surface area contributed by atoms with Gasteiger partial charge in [0.15, 0.2) is 5.82 Å². The largest absolute Gasteiger partial charge is 0.369 e. The molecule has 1 fully saturated rings. The zero-order valence-corrected chi connectivity index (χ0v) is 17.4. The Kier molecular flexibility index (Phi) is 6.11. The van der Waals surface area contributed by atoms with Gasteiger partial charge in [0.1, 0.15) is 11.6 Å². The maximum Gasteiger partial charge on any atom is 0.153 e. The first-order chi connectivity index (χ1) is 14.5. The maximum atomic E-state index is 13.4. The van der Waals surface area contributed by atoms with Gasteiger partial charge in [0.2, 0.25) is 0 Å². The molecule has 0 saturated carbocycles. The molecule has 156 valence electrons. The highest BCUT2D eigenvalue weighted by Crippen LogP contribution is 2.20. The van der Waals surface area contributed by atoms with E-state index in [9.17, 15) is 8.78 Å². The lowest BCUT2D eigenvalue weighted by Gasteiger charge is -2.35. The molecule has 4 rings (SSSR count). The molecule has 0 unspecified atom stereocenters. The maximum absolute atomic E-state index is 13.4. The van der Waals surface area contributed by atoms with Gasteiger partial charge in [-0.05, 0) is 31.2 Å². The molecular weight excluding hydrogens is 408 g/mol. The van der Waals surface area contributed by atoms with Crippen LogP contribution in [0.5, 0.6) is 0 Å². The van der Waals surface area contributed by atoms with Gasteiger partial charge in [-0.2, -0.15) is 5.10 Å². The molecule has 0 amide bonds. The summed E-state index contributed by atoms with van der Waals surface area (Å²) in [5.41, 5.74) is 2.63. The van der Waals surface area contributed by atoms with E-state index >= 15 is 0 Å². The van der Waals surface area contributed by atoms with Crippen LogP contribution in [0.15, 0.2) is 48.8 Å². The van der Waals surface area contributed by atoms with Crippen molar-refractivity contribution in [3.05, 3.63) is 76.7 Å². The monoisotopic (exact) mass is 429 g/mol. The van der Waals surface area contributed by atoms with Gasteiger partial charge in [-0.3, -0.25) is 4.90 Å². The van der Waals surface area contributed by atoms with Crippen molar-refractivity contribution in [1.29, 1.82) is 0 Å². The summed E-state index contributed by atoms with van der Waals surface area (Å²) in [5.74, 6) is -0.360. The molecule has 3 aromatic rings. The molecule has 0 radical (unpaired) electrons. The molecule has 1 aliphatic heterocycles. The smallest absolute Gasteiger partial charge is 0.153 e. The van der Waals surface area contributed by atoms with Crippen LogP contribution in [-0.4, -0.2) is 52.4 Å². The lowest BCUT2D eigenvalue weighted by Crippen LogP contribution is -2.46. The summed E-state index contributed by atoms with van der Waals surface area (Å²) < 4.78 is 28.7. The third-order valence-corrected chi connectivity index (χ3v) is 5.45. The van der Waals surface area contributed by atoms with Crippen LogP contribution in [0.4, 0.5) is 14.5 Å². The Balaban J connectivity index is 1.33. The van der Waals surface area contributed by atoms with E-state index < -0.39 is 11.6 Å². The number of hydrogen-bond donors (Lipinski definition) is 0. The van der Waals surface area contributed by atoms with Crippen molar-refractivity contribution in [2.24, 2.45) is 0 Å². The molecule has 1 aliphatic rings. The van der Waals surface area contributed by atoms with Crippen LogP contribution in [0.25, 0.3) is 11.9 Å². The van der Waals surface area contributed by atoms with E-state index in [2.05, 4.69) is 27.1 Å². The van der Waals surface area contributed by atoms with E-state index in [4.69, 9.17) is 11.6 Å². The molecule has 5 nitrogen and oxygen atoms in total. The van der Waals surface area contributed by atoms with Crippen LogP contribution in [0.3, 0.4) is 0 Å². The Morgan fingerprint density at radius 3 is 2.43 bits per heavy atom. The minimum absolute atomic E-state index is 0.542. The third-order valence-electron chi connectivity index (χ3n) is 5.22. The van der Waals surface area contributed by atoms with Gasteiger partial charge in [-0.1, -0.05) is 23.8 Å². The molecule has 0 atom stereocenters. The fraction of sp³-hybridized carbons (Fsp3) is 0.273. The van der Waals surface area contributed by atoms with E-state index in [1.54, 1.807) is 16.9 Å². The normalized spacial score (nSPS) is 15.3. The predicted octanol–water partition coefficient (Wildman–Crippen LogP) is 4.34. The summed E-state index contributed by atoms with van der Waals surface area (Å²) in [6.07, 6.45) is 7.59. The molecule has 30 heavy (non-hydrogen) atoms. The molecule has 0 bridgehead atoms. The fourth-order valence-corrected chi connectivity index (χ4v) is 3.66. The first kappa shape index (κ1) is 20.5. The second-order valence-electron chi connectivity index (χ2n) is 7.25. The summed E-state index contributed by atoms with van der Waals surface area (Å²) >= 11 is 5.90. The van der Waals surface area contributed by atoms with Crippen LogP contribution >= 0.6 is 11.6 Å². The van der Waals surface area contributed by atoms with E-state index in [-0.39, 0.29) is 0 Å². The van der Waals surface area contributed by atoms with Crippen molar-refractivity contribution in [2.45, 2.75) is 6.92 Å². The number of hydrogen-bond acceptors (Lipinski definition) is 4. The number of pyridine rings is 1.